The molecule has 1 N–H and O–H groups in total. The minimum Gasteiger partial charge on any atom is -0.310 e. The highest BCUT2D eigenvalue weighted by atomic mass is 35.5. The van der Waals surface area contributed by atoms with Crippen LogP contribution in [0.2, 0.25) is 5.02 Å². The highest BCUT2D eigenvalue weighted by molar-refractivity contribution is 7.20. The lowest BCUT2D eigenvalue weighted by atomic mass is 9.87. The third-order valence-electron chi connectivity index (χ3n) is 4.63. The van der Waals surface area contributed by atoms with E-state index in [-0.39, 0.29) is 12.3 Å². The van der Waals surface area contributed by atoms with Crippen molar-refractivity contribution in [3.63, 3.8) is 0 Å². The monoisotopic (exact) mass is 398 g/mol. The lowest BCUT2D eigenvalue weighted by Gasteiger charge is -2.24. The Hall–Kier alpha value is -2.77. The van der Waals surface area contributed by atoms with Crippen molar-refractivity contribution in [3.05, 3.63) is 70.6 Å². The molecule has 0 saturated heterocycles. The minimum absolute atomic E-state index is 0.110. The van der Waals surface area contributed by atoms with Crippen LogP contribution in [0.1, 0.15) is 23.5 Å². The number of aromatic nitrogens is 3. The Balaban J connectivity index is 1.67. The number of benzene rings is 2. The van der Waals surface area contributed by atoms with E-state index >= 15 is 0 Å². The molecule has 5 rings (SSSR count). The maximum absolute atomic E-state index is 14.5. The van der Waals surface area contributed by atoms with E-state index in [0.717, 1.165) is 15.8 Å². The Bertz CT molecular complexity index is 1150. The highest BCUT2D eigenvalue weighted by Crippen LogP contribution is 2.42. The van der Waals surface area contributed by atoms with Crippen LogP contribution in [-0.4, -0.2) is 20.7 Å². The smallest absolute Gasteiger partial charge is 0.226 e. The fourth-order valence-corrected chi connectivity index (χ4v) is 4.64. The van der Waals surface area contributed by atoms with Gasteiger partial charge < -0.3 is 5.32 Å². The molecule has 1 atom stereocenters. The normalized spacial score (nSPS) is 16.4. The quantitative estimate of drug-likeness (QED) is 0.530. The molecular weight excluding hydrogens is 387 g/mol. The van der Waals surface area contributed by atoms with Gasteiger partial charge in [0, 0.05) is 28.5 Å². The number of amides is 1. The summed E-state index contributed by atoms with van der Waals surface area (Å²) in [7, 11) is 0. The molecule has 0 spiro atoms. The zero-order valence-corrected chi connectivity index (χ0v) is 15.4. The number of thiazole rings is 1. The SMILES string of the molecule is O=C1C[C@@H](c2c(F)cccc2Cl)c2cnn(-c3nc4ccccc4s3)c2N1. The number of halogens is 2. The molecule has 27 heavy (non-hydrogen) atoms. The summed E-state index contributed by atoms with van der Waals surface area (Å²) in [5.74, 6) is -0.629. The lowest BCUT2D eigenvalue weighted by molar-refractivity contribution is -0.116. The molecule has 0 radical (unpaired) electrons. The molecule has 0 unspecified atom stereocenters. The number of carbonyl (C=O) groups excluding carboxylic acids is 1. The number of fused-ring (bicyclic) bond motifs is 2. The van der Waals surface area contributed by atoms with Crippen molar-refractivity contribution >= 4 is 44.9 Å². The molecule has 0 fully saturated rings. The zero-order chi connectivity index (χ0) is 18.5. The van der Waals surface area contributed by atoms with Crippen molar-refractivity contribution in [1.29, 1.82) is 0 Å². The van der Waals surface area contributed by atoms with Gasteiger partial charge in [-0.15, -0.1) is 0 Å². The van der Waals surface area contributed by atoms with E-state index in [9.17, 15) is 9.18 Å². The van der Waals surface area contributed by atoms with Crippen molar-refractivity contribution in [2.75, 3.05) is 5.32 Å². The van der Waals surface area contributed by atoms with E-state index in [2.05, 4.69) is 15.4 Å². The van der Waals surface area contributed by atoms with Crippen LogP contribution in [0, 0.1) is 5.82 Å². The third kappa shape index (κ3) is 2.62. The predicted octanol–water partition coefficient (Wildman–Crippen LogP) is 4.75. The number of nitrogens with one attached hydrogen (secondary N) is 1. The second-order valence-corrected chi connectivity index (χ2v) is 7.68. The number of nitrogens with zero attached hydrogens (tertiary/aromatic N) is 3. The molecular formula is C19H12ClFN4OS. The van der Waals surface area contributed by atoms with Gasteiger partial charge in [-0.05, 0) is 24.3 Å². The molecule has 1 aliphatic heterocycles. The van der Waals surface area contributed by atoms with E-state index in [1.54, 1.807) is 23.0 Å². The van der Waals surface area contributed by atoms with Gasteiger partial charge in [-0.25, -0.2) is 9.37 Å². The second kappa shape index (κ2) is 6.14. The van der Waals surface area contributed by atoms with Crippen molar-refractivity contribution in [2.45, 2.75) is 12.3 Å². The standard InChI is InChI=1S/C19H12ClFN4OS/c20-12-4-3-5-13(21)17(12)10-8-16(26)24-18-11(10)9-22-25(18)19-23-14-6-1-2-7-15(14)27-19/h1-7,9-10H,8H2,(H,24,26)/t10-/m1/s1. The van der Waals surface area contributed by atoms with Gasteiger partial charge in [-0.1, -0.05) is 41.1 Å². The average Bonchev–Trinajstić information content (AvgIpc) is 3.24. The first-order chi connectivity index (χ1) is 13.1. The van der Waals surface area contributed by atoms with Gasteiger partial charge >= 0.3 is 0 Å². The number of anilines is 1. The lowest BCUT2D eigenvalue weighted by Crippen LogP contribution is -2.25. The summed E-state index contributed by atoms with van der Waals surface area (Å²) in [6.07, 6.45) is 1.76. The predicted molar refractivity (Wildman–Crippen MR) is 103 cm³/mol. The number of rotatable bonds is 2. The van der Waals surface area contributed by atoms with Crippen LogP contribution in [-0.2, 0) is 4.79 Å². The van der Waals surface area contributed by atoms with Crippen molar-refractivity contribution in [2.24, 2.45) is 0 Å². The van der Waals surface area contributed by atoms with E-state index in [0.29, 0.717) is 21.5 Å². The molecule has 0 aliphatic carbocycles. The van der Waals surface area contributed by atoms with Gasteiger partial charge in [0.2, 0.25) is 11.0 Å². The minimum atomic E-state index is -0.495. The van der Waals surface area contributed by atoms with Gasteiger partial charge in [0.1, 0.15) is 11.6 Å². The number of hydrogen-bond acceptors (Lipinski definition) is 4. The number of carbonyl (C=O) groups is 1. The highest BCUT2D eigenvalue weighted by Gasteiger charge is 2.33. The molecule has 2 aromatic heterocycles. The van der Waals surface area contributed by atoms with Crippen LogP contribution < -0.4 is 5.32 Å². The molecule has 0 bridgehead atoms. The molecule has 3 heterocycles. The van der Waals surface area contributed by atoms with Gasteiger partial charge in [0.05, 0.1) is 16.4 Å². The molecule has 1 amide bonds. The number of hydrogen-bond donors (Lipinski definition) is 1. The maximum atomic E-state index is 14.5. The summed E-state index contributed by atoms with van der Waals surface area (Å²) in [6.45, 7) is 0. The zero-order valence-electron chi connectivity index (χ0n) is 13.8. The first kappa shape index (κ1) is 16.4. The topological polar surface area (TPSA) is 59.8 Å². The Morgan fingerprint density at radius 3 is 2.89 bits per heavy atom. The Kier molecular flexibility index (Phi) is 3.73. The molecule has 1 aliphatic rings. The molecule has 134 valence electrons. The maximum Gasteiger partial charge on any atom is 0.226 e. The fourth-order valence-electron chi connectivity index (χ4n) is 3.42. The summed E-state index contributed by atoms with van der Waals surface area (Å²) in [6, 6.07) is 12.3. The van der Waals surface area contributed by atoms with Crippen LogP contribution in [0.4, 0.5) is 10.2 Å². The van der Waals surface area contributed by atoms with E-state index in [4.69, 9.17) is 11.6 Å². The molecule has 4 aromatic rings. The van der Waals surface area contributed by atoms with Crippen molar-refractivity contribution in [1.82, 2.24) is 14.8 Å². The molecule has 2 aromatic carbocycles. The Labute approximate surface area is 162 Å². The van der Waals surface area contributed by atoms with Crippen LogP contribution >= 0.6 is 22.9 Å². The van der Waals surface area contributed by atoms with Crippen LogP contribution in [0.25, 0.3) is 15.3 Å². The Morgan fingerprint density at radius 2 is 2.07 bits per heavy atom. The molecule has 8 heteroatoms. The van der Waals surface area contributed by atoms with Gasteiger partial charge in [0.15, 0.2) is 0 Å². The summed E-state index contributed by atoms with van der Waals surface area (Å²) in [5.41, 5.74) is 1.90. The molecule has 0 saturated carbocycles. The van der Waals surface area contributed by atoms with Gasteiger partial charge in [-0.3, -0.25) is 4.79 Å². The summed E-state index contributed by atoms with van der Waals surface area (Å²) < 4.78 is 17.1. The van der Waals surface area contributed by atoms with E-state index in [1.165, 1.54) is 17.4 Å². The summed E-state index contributed by atoms with van der Waals surface area (Å²) in [4.78, 5) is 16.9. The third-order valence-corrected chi connectivity index (χ3v) is 5.97. The summed E-state index contributed by atoms with van der Waals surface area (Å²) >= 11 is 7.72. The molecule has 5 nitrogen and oxygen atoms in total. The Morgan fingerprint density at radius 1 is 1.22 bits per heavy atom. The van der Waals surface area contributed by atoms with Crippen LogP contribution in [0.15, 0.2) is 48.7 Å². The fraction of sp³-hybridized carbons (Fsp3) is 0.105. The van der Waals surface area contributed by atoms with Crippen LogP contribution in [0.5, 0.6) is 0 Å². The van der Waals surface area contributed by atoms with Crippen molar-refractivity contribution < 1.29 is 9.18 Å². The first-order valence-corrected chi connectivity index (χ1v) is 9.49. The van der Waals surface area contributed by atoms with Crippen molar-refractivity contribution in [3.8, 4) is 5.13 Å². The van der Waals surface area contributed by atoms with E-state index in [1.807, 2.05) is 24.3 Å². The largest absolute Gasteiger partial charge is 0.310 e. The van der Waals surface area contributed by atoms with E-state index < -0.39 is 11.7 Å². The van der Waals surface area contributed by atoms with Gasteiger partial charge in [-0.2, -0.15) is 9.78 Å². The van der Waals surface area contributed by atoms with Crippen LogP contribution in [0.3, 0.4) is 0 Å². The summed E-state index contributed by atoms with van der Waals surface area (Å²) in [5, 5.41) is 8.21. The first-order valence-electron chi connectivity index (χ1n) is 8.29. The second-order valence-electron chi connectivity index (χ2n) is 6.26. The van der Waals surface area contributed by atoms with Gasteiger partial charge in [0.25, 0.3) is 0 Å². The average molecular weight is 399 g/mol. The number of para-hydroxylation sites is 1.